The van der Waals surface area contributed by atoms with Crippen LogP contribution in [0.3, 0.4) is 0 Å². The summed E-state index contributed by atoms with van der Waals surface area (Å²) in [5, 5.41) is 9.01. The van der Waals surface area contributed by atoms with Gasteiger partial charge in [-0.2, -0.15) is 0 Å². The highest BCUT2D eigenvalue weighted by Crippen LogP contribution is 2.18. The summed E-state index contributed by atoms with van der Waals surface area (Å²) in [5.74, 6) is -0.312. The fraction of sp³-hybridized carbons (Fsp3) is 0.571. The monoisotopic (exact) mass is 251 g/mol. The predicted octanol–water partition coefficient (Wildman–Crippen LogP) is 3.38. The number of aromatic carboxylic acids is 1. The first-order valence-electron chi connectivity index (χ1n) is 6.50. The molecule has 1 rings (SSSR count). The Morgan fingerprint density at radius 3 is 2.89 bits per heavy atom. The molecule has 0 bridgehead atoms. The molecular formula is C14H21NO3. The number of aromatic nitrogens is 1. The summed E-state index contributed by atoms with van der Waals surface area (Å²) in [6.45, 7) is 4.82. The SMILES string of the molecule is CCCCC(CC)COc1ncccc1C(=O)O. The van der Waals surface area contributed by atoms with Crippen molar-refractivity contribution in [3.63, 3.8) is 0 Å². The molecule has 0 aliphatic rings. The smallest absolute Gasteiger partial charge is 0.341 e. The third-order valence-corrected chi connectivity index (χ3v) is 3.00. The average Bonchev–Trinajstić information content (AvgIpc) is 2.39. The van der Waals surface area contributed by atoms with Crippen LogP contribution in [0, 0.1) is 5.92 Å². The number of nitrogens with zero attached hydrogens (tertiary/aromatic N) is 1. The lowest BCUT2D eigenvalue weighted by Gasteiger charge is -2.15. The number of hydrogen-bond acceptors (Lipinski definition) is 3. The molecular weight excluding hydrogens is 230 g/mol. The van der Waals surface area contributed by atoms with Gasteiger partial charge in [0.1, 0.15) is 5.56 Å². The van der Waals surface area contributed by atoms with E-state index in [4.69, 9.17) is 9.84 Å². The minimum absolute atomic E-state index is 0.128. The van der Waals surface area contributed by atoms with Crippen LogP contribution in [0.25, 0.3) is 0 Å². The first-order valence-corrected chi connectivity index (χ1v) is 6.50. The summed E-state index contributed by atoms with van der Waals surface area (Å²) >= 11 is 0. The van der Waals surface area contributed by atoms with Crippen molar-refractivity contribution in [2.75, 3.05) is 6.61 Å². The number of carboxylic acids is 1. The Hall–Kier alpha value is -1.58. The molecule has 0 aliphatic heterocycles. The van der Waals surface area contributed by atoms with Gasteiger partial charge >= 0.3 is 5.97 Å². The van der Waals surface area contributed by atoms with E-state index in [2.05, 4.69) is 18.8 Å². The van der Waals surface area contributed by atoms with Gasteiger partial charge in [0, 0.05) is 6.20 Å². The Morgan fingerprint density at radius 2 is 2.28 bits per heavy atom. The highest BCUT2D eigenvalue weighted by atomic mass is 16.5. The molecule has 1 heterocycles. The molecule has 1 unspecified atom stereocenters. The third-order valence-electron chi connectivity index (χ3n) is 3.00. The third kappa shape index (κ3) is 4.35. The maximum Gasteiger partial charge on any atom is 0.341 e. The topological polar surface area (TPSA) is 59.4 Å². The van der Waals surface area contributed by atoms with E-state index in [1.807, 2.05) is 0 Å². The second kappa shape index (κ2) is 7.69. The Bertz CT molecular complexity index is 379. The zero-order chi connectivity index (χ0) is 13.4. The first-order chi connectivity index (χ1) is 8.69. The highest BCUT2D eigenvalue weighted by Gasteiger charge is 2.14. The van der Waals surface area contributed by atoms with Crippen LogP contribution in [-0.4, -0.2) is 22.7 Å². The summed E-state index contributed by atoms with van der Waals surface area (Å²) in [5.41, 5.74) is 0.128. The molecule has 1 N–H and O–H groups in total. The molecule has 1 aromatic heterocycles. The van der Waals surface area contributed by atoms with Crippen LogP contribution in [0.15, 0.2) is 18.3 Å². The number of rotatable bonds is 8. The van der Waals surface area contributed by atoms with Gasteiger partial charge in [0.05, 0.1) is 6.61 Å². The van der Waals surface area contributed by atoms with E-state index in [-0.39, 0.29) is 11.4 Å². The quantitative estimate of drug-likeness (QED) is 0.769. The number of hydrogen-bond donors (Lipinski definition) is 1. The van der Waals surface area contributed by atoms with Crippen molar-refractivity contribution in [1.82, 2.24) is 4.98 Å². The van der Waals surface area contributed by atoms with Crippen molar-refractivity contribution in [2.45, 2.75) is 39.5 Å². The van der Waals surface area contributed by atoms with Crippen molar-refractivity contribution in [3.8, 4) is 5.88 Å². The van der Waals surface area contributed by atoms with Crippen LogP contribution < -0.4 is 4.74 Å². The van der Waals surface area contributed by atoms with Gasteiger partial charge in [0.25, 0.3) is 0 Å². The largest absolute Gasteiger partial charge is 0.477 e. The van der Waals surface area contributed by atoms with E-state index in [0.29, 0.717) is 12.5 Å². The zero-order valence-corrected chi connectivity index (χ0v) is 11.1. The van der Waals surface area contributed by atoms with Crippen LogP contribution in [0.5, 0.6) is 5.88 Å². The lowest BCUT2D eigenvalue weighted by Crippen LogP contribution is -2.14. The molecule has 18 heavy (non-hydrogen) atoms. The molecule has 100 valence electrons. The van der Waals surface area contributed by atoms with E-state index in [1.165, 1.54) is 18.9 Å². The van der Waals surface area contributed by atoms with Crippen LogP contribution in [0.4, 0.5) is 0 Å². The van der Waals surface area contributed by atoms with Gasteiger partial charge in [-0.3, -0.25) is 0 Å². The average molecular weight is 251 g/mol. The number of carbonyl (C=O) groups is 1. The molecule has 4 heteroatoms. The van der Waals surface area contributed by atoms with Crippen LogP contribution in [0.2, 0.25) is 0 Å². The minimum atomic E-state index is -1.00. The number of unbranched alkanes of at least 4 members (excludes halogenated alkanes) is 1. The summed E-state index contributed by atoms with van der Waals surface area (Å²) < 4.78 is 5.56. The molecule has 0 saturated carbocycles. The van der Waals surface area contributed by atoms with Gasteiger partial charge in [-0.1, -0.05) is 33.1 Å². The number of pyridine rings is 1. The molecule has 0 saturated heterocycles. The van der Waals surface area contributed by atoms with Gasteiger partial charge < -0.3 is 9.84 Å². The van der Waals surface area contributed by atoms with Gasteiger partial charge in [0.2, 0.25) is 5.88 Å². The standard InChI is InChI=1S/C14H21NO3/c1-3-5-7-11(4-2)10-18-13-12(14(16)17)8-6-9-15-13/h6,8-9,11H,3-5,7,10H2,1-2H3,(H,16,17). The first kappa shape index (κ1) is 14.5. The Morgan fingerprint density at radius 1 is 1.50 bits per heavy atom. The normalized spacial score (nSPS) is 12.1. The number of ether oxygens (including phenoxy) is 1. The van der Waals surface area contributed by atoms with Gasteiger partial charge in [0.15, 0.2) is 0 Å². The Kier molecular flexibility index (Phi) is 6.19. The summed E-state index contributed by atoms with van der Waals surface area (Å²) in [6.07, 6.45) is 6.04. The van der Waals surface area contributed by atoms with E-state index in [9.17, 15) is 4.79 Å². The fourth-order valence-corrected chi connectivity index (χ4v) is 1.76. The molecule has 0 aliphatic carbocycles. The van der Waals surface area contributed by atoms with Gasteiger partial charge in [-0.15, -0.1) is 0 Å². The second-order valence-corrected chi connectivity index (χ2v) is 4.39. The van der Waals surface area contributed by atoms with Crippen LogP contribution in [-0.2, 0) is 0 Å². The van der Waals surface area contributed by atoms with Crippen LogP contribution in [0.1, 0.15) is 49.9 Å². The van der Waals surface area contributed by atoms with Crippen molar-refractivity contribution in [3.05, 3.63) is 23.9 Å². The summed E-state index contributed by atoms with van der Waals surface area (Å²) in [4.78, 5) is 15.0. The lowest BCUT2D eigenvalue weighted by atomic mass is 10.0. The van der Waals surface area contributed by atoms with Gasteiger partial charge in [-0.05, 0) is 24.5 Å². The molecule has 1 atom stereocenters. The summed E-state index contributed by atoms with van der Waals surface area (Å²) in [6, 6.07) is 3.11. The Labute approximate surface area is 108 Å². The minimum Gasteiger partial charge on any atom is -0.477 e. The van der Waals surface area contributed by atoms with Crippen LogP contribution >= 0.6 is 0 Å². The van der Waals surface area contributed by atoms with Crippen molar-refractivity contribution >= 4 is 5.97 Å². The molecule has 0 amide bonds. The fourth-order valence-electron chi connectivity index (χ4n) is 1.76. The predicted molar refractivity (Wildman–Crippen MR) is 70.0 cm³/mol. The van der Waals surface area contributed by atoms with Crippen molar-refractivity contribution in [1.29, 1.82) is 0 Å². The second-order valence-electron chi connectivity index (χ2n) is 4.39. The van der Waals surface area contributed by atoms with Crippen molar-refractivity contribution < 1.29 is 14.6 Å². The van der Waals surface area contributed by atoms with Crippen molar-refractivity contribution in [2.24, 2.45) is 5.92 Å². The molecule has 1 aromatic rings. The number of carboxylic acid groups (broad SMARTS) is 1. The molecule has 0 radical (unpaired) electrons. The van der Waals surface area contributed by atoms with E-state index < -0.39 is 5.97 Å². The highest BCUT2D eigenvalue weighted by molar-refractivity contribution is 5.90. The lowest BCUT2D eigenvalue weighted by molar-refractivity contribution is 0.0689. The van der Waals surface area contributed by atoms with Gasteiger partial charge in [-0.25, -0.2) is 9.78 Å². The van der Waals surface area contributed by atoms with E-state index in [1.54, 1.807) is 12.3 Å². The maximum absolute atomic E-state index is 11.0. The van der Waals surface area contributed by atoms with E-state index >= 15 is 0 Å². The molecule has 0 fully saturated rings. The molecule has 4 nitrogen and oxygen atoms in total. The maximum atomic E-state index is 11.0. The molecule has 0 spiro atoms. The zero-order valence-electron chi connectivity index (χ0n) is 11.1. The van der Waals surface area contributed by atoms with E-state index in [0.717, 1.165) is 12.8 Å². The Balaban J connectivity index is 2.59. The molecule has 0 aromatic carbocycles. The summed E-state index contributed by atoms with van der Waals surface area (Å²) in [7, 11) is 0.